The first kappa shape index (κ1) is 11.8. The zero-order valence-electron chi connectivity index (χ0n) is 10.5. The van der Waals surface area contributed by atoms with E-state index in [0.717, 1.165) is 19.1 Å². The summed E-state index contributed by atoms with van der Waals surface area (Å²) in [5, 5.41) is 9.95. The van der Waals surface area contributed by atoms with Crippen molar-refractivity contribution in [2.24, 2.45) is 16.7 Å². The van der Waals surface area contributed by atoms with Gasteiger partial charge in [-0.15, -0.1) is 0 Å². The molecule has 0 aromatic rings. The molecule has 0 unspecified atom stereocenters. The second-order valence-electron chi connectivity index (χ2n) is 6.41. The SMILES string of the molecule is CC1(C)CCC[C@]2(C)C=C(C=O)[C@@H](O)C[C@H]12. The topological polar surface area (TPSA) is 37.3 Å². The molecule has 3 atom stereocenters. The molecular weight excluding hydrogens is 200 g/mol. The number of rotatable bonds is 1. The third kappa shape index (κ3) is 1.73. The summed E-state index contributed by atoms with van der Waals surface area (Å²) in [6.07, 6.45) is 6.66. The standard InChI is InChI=1S/C14H22O2/c1-13(2)5-4-6-14(3)8-10(9-15)11(16)7-12(13)14/h8-9,11-12,16H,4-7H2,1-3H3/t11-,12+,14+/m0/s1. The van der Waals surface area contributed by atoms with Crippen molar-refractivity contribution in [1.29, 1.82) is 0 Å². The highest BCUT2D eigenvalue weighted by molar-refractivity contribution is 5.75. The van der Waals surface area contributed by atoms with Gasteiger partial charge in [-0.3, -0.25) is 4.79 Å². The first-order valence-electron chi connectivity index (χ1n) is 6.25. The maximum Gasteiger partial charge on any atom is 0.148 e. The third-order valence-corrected chi connectivity index (χ3v) is 4.75. The Hall–Kier alpha value is -0.630. The van der Waals surface area contributed by atoms with Crippen molar-refractivity contribution in [3.05, 3.63) is 11.6 Å². The molecule has 2 rings (SSSR count). The highest BCUT2D eigenvalue weighted by Crippen LogP contribution is 2.56. The highest BCUT2D eigenvalue weighted by Gasteiger charge is 2.48. The number of carbonyl (C=O) groups is 1. The molecule has 2 heteroatoms. The van der Waals surface area contributed by atoms with Gasteiger partial charge < -0.3 is 5.11 Å². The quantitative estimate of drug-likeness (QED) is 0.693. The van der Waals surface area contributed by atoms with Gasteiger partial charge >= 0.3 is 0 Å². The van der Waals surface area contributed by atoms with E-state index in [2.05, 4.69) is 20.8 Å². The van der Waals surface area contributed by atoms with Crippen LogP contribution in [-0.2, 0) is 4.79 Å². The van der Waals surface area contributed by atoms with Gasteiger partial charge in [0.05, 0.1) is 6.10 Å². The minimum absolute atomic E-state index is 0.108. The van der Waals surface area contributed by atoms with Crippen molar-refractivity contribution in [3.63, 3.8) is 0 Å². The molecule has 90 valence electrons. The average Bonchev–Trinajstić information content (AvgIpc) is 2.19. The number of hydrogen-bond donors (Lipinski definition) is 1. The van der Waals surface area contributed by atoms with Crippen molar-refractivity contribution >= 4 is 6.29 Å². The molecule has 0 spiro atoms. The fourth-order valence-corrected chi connectivity index (χ4v) is 3.88. The summed E-state index contributed by atoms with van der Waals surface area (Å²) < 4.78 is 0. The van der Waals surface area contributed by atoms with Crippen molar-refractivity contribution in [2.75, 3.05) is 0 Å². The second kappa shape index (κ2) is 3.69. The Bertz CT molecular complexity index is 330. The Morgan fingerprint density at radius 3 is 2.69 bits per heavy atom. The lowest BCUT2D eigenvalue weighted by Crippen LogP contribution is -2.46. The average molecular weight is 222 g/mol. The van der Waals surface area contributed by atoms with E-state index in [1.54, 1.807) is 0 Å². The smallest absolute Gasteiger partial charge is 0.148 e. The minimum atomic E-state index is -0.548. The molecule has 0 aliphatic heterocycles. The van der Waals surface area contributed by atoms with Crippen LogP contribution >= 0.6 is 0 Å². The Labute approximate surface area is 97.7 Å². The number of hydrogen-bond acceptors (Lipinski definition) is 2. The first-order chi connectivity index (χ1) is 7.39. The number of carbonyl (C=O) groups excluding carboxylic acids is 1. The number of aldehydes is 1. The molecule has 1 saturated carbocycles. The van der Waals surface area contributed by atoms with Crippen LogP contribution in [0.2, 0.25) is 0 Å². The van der Waals surface area contributed by atoms with Crippen LogP contribution in [0.5, 0.6) is 0 Å². The van der Waals surface area contributed by atoms with Crippen LogP contribution < -0.4 is 0 Å². The molecule has 0 bridgehead atoms. The number of fused-ring (bicyclic) bond motifs is 1. The normalized spacial score (nSPS) is 42.1. The molecule has 1 fully saturated rings. The largest absolute Gasteiger partial charge is 0.388 e. The Balaban J connectivity index is 2.39. The van der Waals surface area contributed by atoms with E-state index in [1.165, 1.54) is 12.8 Å². The lowest BCUT2D eigenvalue weighted by Gasteiger charge is -2.52. The second-order valence-corrected chi connectivity index (χ2v) is 6.41. The summed E-state index contributed by atoms with van der Waals surface area (Å²) in [7, 11) is 0. The van der Waals surface area contributed by atoms with Crippen LogP contribution in [0.1, 0.15) is 46.5 Å². The van der Waals surface area contributed by atoms with E-state index in [-0.39, 0.29) is 10.8 Å². The fraction of sp³-hybridized carbons (Fsp3) is 0.786. The van der Waals surface area contributed by atoms with Crippen molar-refractivity contribution in [1.82, 2.24) is 0 Å². The van der Waals surface area contributed by atoms with Gasteiger partial charge in [-0.1, -0.05) is 33.3 Å². The molecule has 0 radical (unpaired) electrons. The van der Waals surface area contributed by atoms with E-state index in [1.807, 2.05) is 6.08 Å². The molecule has 0 heterocycles. The fourth-order valence-electron chi connectivity index (χ4n) is 3.88. The summed E-state index contributed by atoms with van der Waals surface area (Å²) in [5.41, 5.74) is 0.979. The monoisotopic (exact) mass is 222 g/mol. The van der Waals surface area contributed by atoms with Gasteiger partial charge in [-0.2, -0.15) is 0 Å². The Morgan fingerprint density at radius 2 is 2.06 bits per heavy atom. The van der Waals surface area contributed by atoms with E-state index < -0.39 is 6.10 Å². The molecule has 2 aliphatic rings. The van der Waals surface area contributed by atoms with Gasteiger partial charge in [0.15, 0.2) is 0 Å². The molecular formula is C14H22O2. The van der Waals surface area contributed by atoms with Crippen molar-refractivity contribution in [3.8, 4) is 0 Å². The Kier molecular flexibility index (Phi) is 2.73. The van der Waals surface area contributed by atoms with Gasteiger partial charge in [0.25, 0.3) is 0 Å². The van der Waals surface area contributed by atoms with E-state index in [9.17, 15) is 9.90 Å². The van der Waals surface area contributed by atoms with E-state index >= 15 is 0 Å². The first-order valence-corrected chi connectivity index (χ1v) is 6.25. The summed E-state index contributed by atoms with van der Waals surface area (Å²) in [6, 6.07) is 0. The molecule has 1 N–H and O–H groups in total. The number of allylic oxidation sites excluding steroid dienone is 1. The lowest BCUT2D eigenvalue weighted by molar-refractivity contribution is -0.106. The van der Waals surface area contributed by atoms with Crippen LogP contribution in [0.25, 0.3) is 0 Å². The molecule has 0 aromatic heterocycles. The van der Waals surface area contributed by atoms with Gasteiger partial charge in [-0.25, -0.2) is 0 Å². The zero-order valence-corrected chi connectivity index (χ0v) is 10.5. The molecule has 2 aliphatic carbocycles. The van der Waals surface area contributed by atoms with Crippen molar-refractivity contribution < 1.29 is 9.90 Å². The summed E-state index contributed by atoms with van der Waals surface area (Å²) >= 11 is 0. The lowest BCUT2D eigenvalue weighted by atomic mass is 9.52. The molecule has 16 heavy (non-hydrogen) atoms. The van der Waals surface area contributed by atoms with E-state index in [4.69, 9.17) is 0 Å². The van der Waals surface area contributed by atoms with Gasteiger partial charge in [0.1, 0.15) is 6.29 Å². The predicted octanol–water partition coefficient (Wildman–Crippen LogP) is 2.71. The third-order valence-electron chi connectivity index (χ3n) is 4.75. The number of aliphatic hydroxyl groups excluding tert-OH is 1. The van der Waals surface area contributed by atoms with Gasteiger partial charge in [-0.05, 0) is 36.0 Å². The number of aliphatic hydroxyl groups is 1. The molecule has 0 amide bonds. The summed E-state index contributed by atoms with van der Waals surface area (Å²) in [6.45, 7) is 6.83. The van der Waals surface area contributed by atoms with E-state index in [0.29, 0.717) is 11.5 Å². The van der Waals surface area contributed by atoms with Crippen molar-refractivity contribution in [2.45, 2.75) is 52.6 Å². The summed E-state index contributed by atoms with van der Waals surface area (Å²) in [5.74, 6) is 0.493. The molecule has 0 aromatic carbocycles. The van der Waals surface area contributed by atoms with Crippen LogP contribution in [0.4, 0.5) is 0 Å². The predicted molar refractivity (Wildman–Crippen MR) is 64.0 cm³/mol. The molecule has 0 saturated heterocycles. The van der Waals surface area contributed by atoms with Crippen LogP contribution in [0, 0.1) is 16.7 Å². The Morgan fingerprint density at radius 1 is 1.38 bits per heavy atom. The van der Waals surface area contributed by atoms with Crippen LogP contribution in [0.15, 0.2) is 11.6 Å². The zero-order chi connectivity index (χ0) is 12.0. The minimum Gasteiger partial charge on any atom is -0.388 e. The highest BCUT2D eigenvalue weighted by atomic mass is 16.3. The van der Waals surface area contributed by atoms with Gasteiger partial charge in [0.2, 0.25) is 0 Å². The van der Waals surface area contributed by atoms with Gasteiger partial charge in [0, 0.05) is 5.57 Å². The maximum absolute atomic E-state index is 10.9. The summed E-state index contributed by atoms with van der Waals surface area (Å²) in [4.78, 5) is 10.9. The molecule has 2 nitrogen and oxygen atoms in total. The maximum atomic E-state index is 10.9. The van der Waals surface area contributed by atoms with Crippen LogP contribution in [0.3, 0.4) is 0 Å². The van der Waals surface area contributed by atoms with Crippen LogP contribution in [-0.4, -0.2) is 17.5 Å².